The lowest BCUT2D eigenvalue weighted by atomic mass is 9.94. The van der Waals surface area contributed by atoms with Crippen LogP contribution < -0.4 is 0 Å². The molecule has 2 rings (SSSR count). The molecular weight excluding hydrogens is 307 g/mol. The molecule has 1 atom stereocenters. The van der Waals surface area contributed by atoms with Crippen LogP contribution in [0.5, 0.6) is 0 Å². The Morgan fingerprint density at radius 3 is 2.22 bits per heavy atom. The van der Waals surface area contributed by atoms with Gasteiger partial charge in [0.05, 0.1) is 5.56 Å². The first-order valence-corrected chi connectivity index (χ1v) is 7.32. The van der Waals surface area contributed by atoms with Crippen molar-refractivity contribution in [3.8, 4) is 0 Å². The molecule has 1 aromatic carbocycles. The van der Waals surface area contributed by atoms with Gasteiger partial charge in [0.1, 0.15) is 5.60 Å². The van der Waals surface area contributed by atoms with Gasteiger partial charge in [-0.1, -0.05) is 12.1 Å². The molecule has 0 saturated carbocycles. The second kappa shape index (κ2) is 5.91. The largest absolute Gasteiger partial charge is 0.443 e. The van der Waals surface area contributed by atoms with E-state index >= 15 is 0 Å². The fraction of sp³-hybridized carbons (Fsp3) is 0.471. The van der Waals surface area contributed by atoms with Gasteiger partial charge in [0, 0.05) is 18.7 Å². The molecule has 0 bridgehead atoms. The quantitative estimate of drug-likeness (QED) is 0.731. The van der Waals surface area contributed by atoms with E-state index in [1.54, 1.807) is 27.0 Å². The Kier molecular flexibility index (Phi) is 4.46. The molecule has 6 heteroatoms. The second-order valence-corrected chi connectivity index (χ2v) is 6.68. The number of amides is 1. The van der Waals surface area contributed by atoms with Gasteiger partial charge in [0.25, 0.3) is 0 Å². The normalized spacial score (nSPS) is 18.8. The molecule has 23 heavy (non-hydrogen) atoms. The van der Waals surface area contributed by atoms with Crippen molar-refractivity contribution in [2.75, 3.05) is 6.54 Å². The average Bonchev–Trinajstić information content (AvgIpc) is 2.78. The number of ether oxygens (including phenoxy) is 1. The number of halogens is 3. The summed E-state index contributed by atoms with van der Waals surface area (Å²) in [7, 11) is 0. The van der Waals surface area contributed by atoms with Gasteiger partial charge >= 0.3 is 12.3 Å². The van der Waals surface area contributed by atoms with Crippen LogP contribution in [-0.2, 0) is 10.9 Å². The average molecular weight is 327 g/mol. The minimum atomic E-state index is -4.35. The smallest absolute Gasteiger partial charge is 0.416 e. The summed E-state index contributed by atoms with van der Waals surface area (Å²) in [5.74, 6) is -0.121. The van der Waals surface area contributed by atoms with Crippen LogP contribution in [-0.4, -0.2) is 23.1 Å². The maximum atomic E-state index is 12.6. The molecule has 0 saturated heterocycles. The molecule has 1 aliphatic heterocycles. The highest BCUT2D eigenvalue weighted by Crippen LogP contribution is 2.34. The number of hydrogen-bond acceptors (Lipinski definition) is 2. The van der Waals surface area contributed by atoms with Crippen LogP contribution in [0.25, 0.3) is 0 Å². The Balaban J connectivity index is 2.11. The predicted octanol–water partition coefficient (Wildman–Crippen LogP) is 4.94. The molecule has 1 amide bonds. The number of carbonyl (C=O) groups excluding carboxylic acids is 1. The minimum absolute atomic E-state index is 0.121. The highest BCUT2D eigenvalue weighted by Gasteiger charge is 2.32. The van der Waals surface area contributed by atoms with Gasteiger partial charge in [-0.25, -0.2) is 4.79 Å². The van der Waals surface area contributed by atoms with E-state index in [1.165, 1.54) is 17.0 Å². The highest BCUT2D eigenvalue weighted by molar-refractivity contribution is 5.70. The number of hydrogen-bond donors (Lipinski definition) is 0. The fourth-order valence-corrected chi connectivity index (χ4v) is 2.45. The second-order valence-electron chi connectivity index (χ2n) is 6.68. The van der Waals surface area contributed by atoms with Crippen LogP contribution in [0, 0.1) is 0 Å². The van der Waals surface area contributed by atoms with Crippen molar-refractivity contribution in [2.24, 2.45) is 0 Å². The van der Waals surface area contributed by atoms with E-state index < -0.39 is 23.4 Å². The van der Waals surface area contributed by atoms with E-state index in [0.717, 1.165) is 23.3 Å². The fourth-order valence-electron chi connectivity index (χ4n) is 2.45. The zero-order valence-corrected chi connectivity index (χ0v) is 13.6. The summed E-state index contributed by atoms with van der Waals surface area (Å²) >= 11 is 0. The van der Waals surface area contributed by atoms with Gasteiger partial charge in [-0.05, 0) is 51.0 Å². The molecule has 0 spiro atoms. The summed E-state index contributed by atoms with van der Waals surface area (Å²) in [6, 6.07) is 5.06. The Bertz CT molecular complexity index is 612. The van der Waals surface area contributed by atoms with E-state index in [2.05, 4.69) is 0 Å². The summed E-state index contributed by atoms with van der Waals surface area (Å²) < 4.78 is 43.2. The van der Waals surface area contributed by atoms with Gasteiger partial charge in [-0.2, -0.15) is 13.2 Å². The number of benzene rings is 1. The molecule has 0 radical (unpaired) electrons. The van der Waals surface area contributed by atoms with Crippen LogP contribution in [0.3, 0.4) is 0 Å². The molecule has 3 nitrogen and oxygen atoms in total. The van der Waals surface area contributed by atoms with Crippen LogP contribution in [0.1, 0.15) is 44.7 Å². The van der Waals surface area contributed by atoms with Gasteiger partial charge in [0.2, 0.25) is 0 Å². The molecule has 0 aliphatic carbocycles. The SMILES string of the molecule is CC1=CN(C(=O)OC(C)(C)C)CC1c1ccc(C(F)(F)F)cc1. The van der Waals surface area contributed by atoms with E-state index in [9.17, 15) is 18.0 Å². The summed E-state index contributed by atoms with van der Waals surface area (Å²) in [4.78, 5) is 13.5. The zero-order chi connectivity index (χ0) is 17.4. The standard InChI is InChI=1S/C17H20F3NO2/c1-11-9-21(15(22)23-16(2,3)4)10-14(11)12-5-7-13(8-6-12)17(18,19)20/h5-9,14H,10H2,1-4H3. The Hall–Kier alpha value is -1.98. The molecule has 1 aliphatic rings. The van der Waals surface area contributed by atoms with Crippen LogP contribution >= 0.6 is 0 Å². The Morgan fingerprint density at radius 1 is 1.17 bits per heavy atom. The monoisotopic (exact) mass is 327 g/mol. The summed E-state index contributed by atoms with van der Waals surface area (Å²) in [5, 5.41) is 0. The first-order chi connectivity index (χ1) is 10.5. The van der Waals surface area contributed by atoms with Crippen molar-refractivity contribution in [3.05, 3.63) is 47.2 Å². The minimum Gasteiger partial charge on any atom is -0.443 e. The van der Waals surface area contributed by atoms with Gasteiger partial charge in [-0.3, -0.25) is 4.90 Å². The Labute approximate surface area is 133 Å². The summed E-state index contributed by atoms with van der Waals surface area (Å²) in [6.45, 7) is 7.57. The summed E-state index contributed by atoms with van der Waals surface area (Å²) in [5.41, 5.74) is 0.393. The summed E-state index contributed by atoms with van der Waals surface area (Å²) in [6.07, 6.45) is -3.11. The number of carbonyl (C=O) groups is 1. The third-order valence-corrected chi connectivity index (χ3v) is 3.56. The first kappa shape index (κ1) is 17.4. The lowest BCUT2D eigenvalue weighted by Gasteiger charge is -2.24. The van der Waals surface area contributed by atoms with Crippen molar-refractivity contribution in [1.82, 2.24) is 4.90 Å². The maximum Gasteiger partial charge on any atom is 0.416 e. The van der Waals surface area contributed by atoms with Gasteiger partial charge in [0.15, 0.2) is 0 Å². The van der Waals surface area contributed by atoms with Crippen molar-refractivity contribution < 1.29 is 22.7 Å². The van der Waals surface area contributed by atoms with E-state index in [1.807, 2.05) is 6.92 Å². The molecular formula is C17H20F3NO2. The third kappa shape index (κ3) is 4.27. The lowest BCUT2D eigenvalue weighted by Crippen LogP contribution is -2.33. The molecule has 1 heterocycles. The van der Waals surface area contributed by atoms with Crippen molar-refractivity contribution in [1.29, 1.82) is 0 Å². The molecule has 0 aromatic heterocycles. The molecule has 0 fully saturated rings. The number of rotatable bonds is 1. The van der Waals surface area contributed by atoms with Gasteiger partial charge < -0.3 is 4.74 Å². The van der Waals surface area contributed by atoms with E-state index in [0.29, 0.717) is 6.54 Å². The molecule has 1 aromatic rings. The van der Waals surface area contributed by atoms with E-state index in [-0.39, 0.29) is 5.92 Å². The molecule has 1 unspecified atom stereocenters. The highest BCUT2D eigenvalue weighted by atomic mass is 19.4. The van der Waals surface area contributed by atoms with Crippen molar-refractivity contribution in [3.63, 3.8) is 0 Å². The predicted molar refractivity (Wildman–Crippen MR) is 80.9 cm³/mol. The van der Waals surface area contributed by atoms with Crippen molar-refractivity contribution in [2.45, 2.75) is 45.4 Å². The molecule has 126 valence electrons. The first-order valence-electron chi connectivity index (χ1n) is 7.32. The third-order valence-electron chi connectivity index (χ3n) is 3.56. The lowest BCUT2D eigenvalue weighted by molar-refractivity contribution is -0.137. The van der Waals surface area contributed by atoms with Crippen LogP contribution in [0.15, 0.2) is 36.0 Å². The number of nitrogens with zero attached hydrogens (tertiary/aromatic N) is 1. The van der Waals surface area contributed by atoms with Crippen LogP contribution in [0.4, 0.5) is 18.0 Å². The maximum absolute atomic E-state index is 12.6. The topological polar surface area (TPSA) is 29.5 Å². The van der Waals surface area contributed by atoms with Crippen LogP contribution in [0.2, 0.25) is 0 Å². The van der Waals surface area contributed by atoms with E-state index in [4.69, 9.17) is 4.74 Å². The molecule has 0 N–H and O–H groups in total. The van der Waals surface area contributed by atoms with Crippen molar-refractivity contribution >= 4 is 6.09 Å². The zero-order valence-electron chi connectivity index (χ0n) is 13.6. The van der Waals surface area contributed by atoms with Gasteiger partial charge in [-0.15, -0.1) is 0 Å². The Morgan fingerprint density at radius 2 is 1.74 bits per heavy atom. The number of alkyl halides is 3.